The number of non-ortho nitro benzene ring substituents is 1. The highest BCUT2D eigenvalue weighted by Gasteiger charge is 2.33. The van der Waals surface area contributed by atoms with E-state index in [1.54, 1.807) is 0 Å². The lowest BCUT2D eigenvalue weighted by Gasteiger charge is -2.14. The van der Waals surface area contributed by atoms with Gasteiger partial charge in [-0.25, -0.2) is 0 Å². The van der Waals surface area contributed by atoms with Gasteiger partial charge < -0.3 is 16.0 Å². The average molecular weight is 869 g/mol. The summed E-state index contributed by atoms with van der Waals surface area (Å²) in [6.07, 6.45) is -4.91. The van der Waals surface area contributed by atoms with Crippen molar-refractivity contribution in [2.75, 3.05) is 22.5 Å². The first-order chi connectivity index (χ1) is 22.8. The molecule has 3 N–H and O–H groups in total. The van der Waals surface area contributed by atoms with Crippen molar-refractivity contribution in [1.29, 1.82) is 0 Å². The molecule has 4 aromatic rings. The minimum Gasteiger partial charge on any atom is -0.376 e. The largest absolute Gasteiger partial charge is 0.416 e. The van der Waals surface area contributed by atoms with E-state index in [0.29, 0.717) is 12.1 Å². The van der Waals surface area contributed by atoms with Crippen molar-refractivity contribution in [3.05, 3.63) is 127 Å². The van der Waals surface area contributed by atoms with Crippen LogP contribution < -0.4 is 16.0 Å². The quantitative estimate of drug-likeness (QED) is 0.0611. The SMILES string of the molecule is O=C(CNc1c(Br)cc([N+](=O)[O-])cc1Br)c1cc(C(=O)Nc2cc(Cl)c(Cl)cc2Cl)cc(C(=O)Nc2ccc(C(F)(F)F)cc2[N+](=O)[O-])c1. The van der Waals surface area contributed by atoms with E-state index in [0.717, 1.165) is 18.2 Å². The molecule has 0 atom stereocenters. The maximum atomic E-state index is 13.4. The Balaban J connectivity index is 1.71. The maximum Gasteiger partial charge on any atom is 0.416 e. The molecule has 4 aromatic carbocycles. The van der Waals surface area contributed by atoms with E-state index in [4.69, 9.17) is 34.8 Å². The molecule has 2 amide bonds. The van der Waals surface area contributed by atoms with E-state index >= 15 is 0 Å². The van der Waals surface area contributed by atoms with Crippen LogP contribution in [0.1, 0.15) is 36.6 Å². The molecular weight excluding hydrogens is 854 g/mol. The number of hydrogen-bond donors (Lipinski definition) is 3. The molecule has 12 nitrogen and oxygen atoms in total. The average Bonchev–Trinajstić information content (AvgIpc) is 3.02. The number of ketones is 1. The van der Waals surface area contributed by atoms with Gasteiger partial charge in [-0.3, -0.25) is 34.6 Å². The highest BCUT2D eigenvalue weighted by molar-refractivity contribution is 9.11. The summed E-state index contributed by atoms with van der Waals surface area (Å²) in [7, 11) is 0. The highest BCUT2D eigenvalue weighted by Crippen LogP contribution is 2.37. The number of benzene rings is 4. The zero-order chi connectivity index (χ0) is 36.4. The van der Waals surface area contributed by atoms with Gasteiger partial charge >= 0.3 is 6.18 Å². The lowest BCUT2D eigenvalue weighted by Crippen LogP contribution is -2.20. The number of halogens is 8. The minimum atomic E-state index is -4.91. The van der Waals surface area contributed by atoms with Crippen molar-refractivity contribution >= 4 is 113 Å². The van der Waals surface area contributed by atoms with Gasteiger partial charge in [0.2, 0.25) is 0 Å². The zero-order valence-electron chi connectivity index (χ0n) is 23.8. The Morgan fingerprint density at radius 1 is 0.714 bits per heavy atom. The lowest BCUT2D eigenvalue weighted by atomic mass is 10.0. The van der Waals surface area contributed by atoms with Crippen LogP contribution in [0, 0.1) is 20.2 Å². The summed E-state index contributed by atoms with van der Waals surface area (Å²) in [6, 6.07) is 9.58. The van der Waals surface area contributed by atoms with Crippen LogP contribution in [-0.4, -0.2) is 34.0 Å². The number of nitro groups is 2. The fourth-order valence-corrected chi connectivity index (χ4v) is 6.16. The molecule has 0 aliphatic rings. The van der Waals surface area contributed by atoms with Crippen LogP contribution in [0.2, 0.25) is 15.1 Å². The number of nitro benzene ring substituents is 2. The van der Waals surface area contributed by atoms with E-state index in [2.05, 4.69) is 47.8 Å². The summed E-state index contributed by atoms with van der Waals surface area (Å²) in [6.45, 7) is -0.468. The Labute approximate surface area is 304 Å². The highest BCUT2D eigenvalue weighted by atomic mass is 79.9. The van der Waals surface area contributed by atoms with Gasteiger partial charge in [-0.1, -0.05) is 34.8 Å². The first-order valence-corrected chi connectivity index (χ1v) is 15.8. The number of anilines is 3. The number of Topliss-reactive ketones (excluding diaryl/α,β-unsaturated/α-hetero) is 1. The van der Waals surface area contributed by atoms with Gasteiger partial charge in [0.1, 0.15) is 5.69 Å². The minimum absolute atomic E-state index is 0.00832. The van der Waals surface area contributed by atoms with E-state index in [-0.39, 0.29) is 63.8 Å². The van der Waals surface area contributed by atoms with Crippen LogP contribution in [0.15, 0.2) is 69.6 Å². The Morgan fingerprint density at radius 2 is 1.24 bits per heavy atom. The van der Waals surface area contributed by atoms with Crippen molar-refractivity contribution in [3.8, 4) is 0 Å². The third kappa shape index (κ3) is 9.04. The summed E-state index contributed by atoms with van der Waals surface area (Å²) in [5, 5.41) is 30.3. The molecule has 0 fully saturated rings. The van der Waals surface area contributed by atoms with Gasteiger partial charge in [-0.2, -0.15) is 13.2 Å². The Bertz CT molecular complexity index is 2050. The number of rotatable bonds is 10. The van der Waals surface area contributed by atoms with Crippen molar-refractivity contribution in [1.82, 2.24) is 0 Å². The van der Waals surface area contributed by atoms with Crippen LogP contribution in [0.3, 0.4) is 0 Å². The second-order valence-electron chi connectivity index (χ2n) is 9.76. The van der Waals surface area contributed by atoms with Crippen LogP contribution in [0.25, 0.3) is 0 Å². The van der Waals surface area contributed by atoms with Crippen LogP contribution >= 0.6 is 66.7 Å². The molecule has 254 valence electrons. The molecule has 0 aliphatic heterocycles. The first kappa shape index (κ1) is 37.5. The molecule has 0 radical (unpaired) electrons. The first-order valence-electron chi connectivity index (χ1n) is 13.0. The van der Waals surface area contributed by atoms with Crippen molar-refractivity contribution < 1.29 is 37.4 Å². The normalized spacial score (nSPS) is 11.1. The smallest absolute Gasteiger partial charge is 0.376 e. The fraction of sp³-hybridized carbons (Fsp3) is 0.0690. The fourth-order valence-electron chi connectivity index (χ4n) is 4.13. The molecule has 4 rings (SSSR count). The molecular formula is C29H15Br2Cl3F3N5O7. The van der Waals surface area contributed by atoms with Gasteiger partial charge in [0.15, 0.2) is 5.78 Å². The zero-order valence-corrected chi connectivity index (χ0v) is 29.2. The van der Waals surface area contributed by atoms with Crippen LogP contribution in [0.5, 0.6) is 0 Å². The van der Waals surface area contributed by atoms with Gasteiger partial charge in [-0.15, -0.1) is 0 Å². The van der Waals surface area contributed by atoms with E-state index in [9.17, 15) is 47.8 Å². The maximum absolute atomic E-state index is 13.4. The molecule has 0 bridgehead atoms. The van der Waals surface area contributed by atoms with Crippen molar-refractivity contribution in [2.45, 2.75) is 6.18 Å². The second kappa shape index (κ2) is 15.1. The topological polar surface area (TPSA) is 174 Å². The Kier molecular flexibility index (Phi) is 11.6. The predicted octanol–water partition coefficient (Wildman–Crippen LogP) is 9.81. The predicted molar refractivity (Wildman–Crippen MR) is 183 cm³/mol. The number of hydrogen-bond acceptors (Lipinski definition) is 8. The van der Waals surface area contributed by atoms with Gasteiger partial charge in [0.25, 0.3) is 23.2 Å². The summed E-state index contributed by atoms with van der Waals surface area (Å²) in [5.41, 5.74) is -3.85. The standard InChI is InChI=1S/C29H15Br2Cl3F3N5O7/c30-17-7-16(41(46)47)8-18(31)26(17)38-11-25(43)12-3-13(5-14(4-12)28(45)40-23-10-20(33)19(32)9-21(23)34)27(44)39-22-2-1-15(29(35,36)37)6-24(22)42(48)49/h1-10,38H,11H2,(H,39,44)(H,40,45). The molecule has 0 saturated heterocycles. The third-order valence-corrected chi connectivity index (χ3v) is 8.76. The number of amides is 2. The molecule has 0 spiro atoms. The molecule has 20 heteroatoms. The molecule has 0 saturated carbocycles. The molecule has 0 aliphatic carbocycles. The monoisotopic (exact) mass is 865 g/mol. The molecule has 0 heterocycles. The number of carbonyl (C=O) groups is 3. The van der Waals surface area contributed by atoms with Gasteiger partial charge in [0, 0.05) is 43.8 Å². The Morgan fingerprint density at radius 3 is 1.78 bits per heavy atom. The number of nitrogens with one attached hydrogen (secondary N) is 3. The van der Waals surface area contributed by atoms with Crippen LogP contribution in [0.4, 0.5) is 41.6 Å². The summed E-state index contributed by atoms with van der Waals surface area (Å²) in [5.74, 6) is -2.71. The third-order valence-electron chi connectivity index (χ3n) is 6.47. The van der Waals surface area contributed by atoms with Gasteiger partial charge in [-0.05, 0) is 74.3 Å². The number of carbonyl (C=O) groups excluding carboxylic acids is 3. The number of alkyl halides is 3. The number of nitrogens with zero attached hydrogens (tertiary/aromatic N) is 2. The molecule has 0 aromatic heterocycles. The summed E-state index contributed by atoms with van der Waals surface area (Å²) >= 11 is 24.5. The van der Waals surface area contributed by atoms with Crippen LogP contribution in [-0.2, 0) is 6.18 Å². The second-order valence-corrected chi connectivity index (χ2v) is 12.7. The van der Waals surface area contributed by atoms with Gasteiger partial charge in [0.05, 0.1) is 48.4 Å². The summed E-state index contributed by atoms with van der Waals surface area (Å²) < 4.78 is 40.0. The molecule has 49 heavy (non-hydrogen) atoms. The van der Waals surface area contributed by atoms with E-state index in [1.807, 2.05) is 0 Å². The lowest BCUT2D eigenvalue weighted by molar-refractivity contribution is -0.385. The Hall–Kier alpha value is -4.29. The van der Waals surface area contributed by atoms with Crippen molar-refractivity contribution in [2.24, 2.45) is 0 Å². The van der Waals surface area contributed by atoms with E-state index < -0.39 is 57.1 Å². The van der Waals surface area contributed by atoms with Crippen molar-refractivity contribution in [3.63, 3.8) is 0 Å². The van der Waals surface area contributed by atoms with E-state index in [1.165, 1.54) is 24.3 Å². The summed E-state index contributed by atoms with van der Waals surface area (Å²) in [4.78, 5) is 61.0. The molecule has 0 unspecified atom stereocenters.